The number of benzene rings is 2. The van der Waals surface area contributed by atoms with Crippen LogP contribution in [0, 0.1) is 6.92 Å². The Morgan fingerprint density at radius 1 is 1.00 bits per heavy atom. The Kier molecular flexibility index (Phi) is 6.58. The molecule has 0 aliphatic heterocycles. The van der Waals surface area contributed by atoms with Gasteiger partial charge in [-0.2, -0.15) is 0 Å². The Morgan fingerprint density at radius 3 is 2.23 bits per heavy atom. The number of furan rings is 1. The molecular weight excluding hydrogens is 438 g/mol. The molecule has 1 heterocycles. The Hall–Kier alpha value is -3.05. The third-order valence-corrected chi connectivity index (χ3v) is 7.62. The van der Waals surface area contributed by atoms with Gasteiger partial charge >= 0.3 is 0 Å². The van der Waals surface area contributed by atoms with Gasteiger partial charge in [0.15, 0.2) is 5.76 Å². The highest BCUT2D eigenvalue weighted by atomic mass is 16.4. The first-order chi connectivity index (χ1) is 16.4. The third-order valence-electron chi connectivity index (χ3n) is 7.62. The number of fused-ring (bicyclic) bond motifs is 1. The lowest BCUT2D eigenvalue weighted by molar-refractivity contribution is 0.0650. The average molecular weight is 476 g/mol. The van der Waals surface area contributed by atoms with Crippen LogP contribution in [-0.4, -0.2) is 34.6 Å². The van der Waals surface area contributed by atoms with E-state index in [4.69, 9.17) is 4.42 Å². The highest BCUT2D eigenvalue weighted by molar-refractivity contribution is 5.91. The lowest BCUT2D eigenvalue weighted by atomic mass is 9.62. The Labute approximate surface area is 208 Å². The second-order valence-electron chi connectivity index (χ2n) is 11.3. The van der Waals surface area contributed by atoms with Gasteiger partial charge in [0.2, 0.25) is 0 Å². The quantitative estimate of drug-likeness (QED) is 0.456. The van der Waals surface area contributed by atoms with Crippen molar-refractivity contribution in [2.45, 2.75) is 70.8 Å². The highest BCUT2D eigenvalue weighted by Gasteiger charge is 2.37. The molecule has 1 aliphatic carbocycles. The molecule has 0 saturated carbocycles. The number of aromatic hydroxyl groups is 1. The van der Waals surface area contributed by atoms with Gasteiger partial charge in [-0.05, 0) is 82.7 Å². The molecule has 1 aliphatic rings. The molecule has 0 spiro atoms. The fourth-order valence-corrected chi connectivity index (χ4v) is 5.07. The summed E-state index contributed by atoms with van der Waals surface area (Å²) in [6.07, 6.45) is 2.12. The maximum atomic E-state index is 12.9. The second kappa shape index (κ2) is 9.19. The highest BCUT2D eigenvalue weighted by Crippen LogP contribution is 2.46. The van der Waals surface area contributed by atoms with Gasteiger partial charge in [-0.25, -0.2) is 0 Å². The zero-order valence-corrected chi connectivity index (χ0v) is 21.7. The summed E-state index contributed by atoms with van der Waals surface area (Å²) in [4.78, 5) is 14.4. The van der Waals surface area contributed by atoms with Crippen LogP contribution in [0.1, 0.15) is 90.8 Å². The van der Waals surface area contributed by atoms with E-state index in [0.29, 0.717) is 12.0 Å². The van der Waals surface area contributed by atoms with Crippen LogP contribution >= 0.6 is 0 Å². The summed E-state index contributed by atoms with van der Waals surface area (Å²) in [7, 11) is 1.64. The van der Waals surface area contributed by atoms with Gasteiger partial charge in [0.05, 0.1) is 12.6 Å². The van der Waals surface area contributed by atoms with Crippen molar-refractivity contribution in [3.05, 3.63) is 87.9 Å². The van der Waals surface area contributed by atoms with Gasteiger partial charge in [0, 0.05) is 13.5 Å². The predicted molar refractivity (Wildman–Crippen MR) is 138 cm³/mol. The van der Waals surface area contributed by atoms with Crippen molar-refractivity contribution < 1.29 is 19.4 Å². The molecule has 5 heteroatoms. The zero-order chi connectivity index (χ0) is 25.5. The number of likely N-dealkylation sites (N-methyl/N-ethyl adjacent to an activating group) is 1. The van der Waals surface area contributed by atoms with Gasteiger partial charge < -0.3 is 19.5 Å². The molecule has 35 heavy (non-hydrogen) atoms. The van der Waals surface area contributed by atoms with Crippen molar-refractivity contribution in [2.24, 2.45) is 0 Å². The molecule has 0 fully saturated rings. The fraction of sp³-hybridized carbons (Fsp3) is 0.433. The number of hydrogen-bond acceptors (Lipinski definition) is 4. The van der Waals surface area contributed by atoms with Gasteiger partial charge in [-0.15, -0.1) is 0 Å². The summed E-state index contributed by atoms with van der Waals surface area (Å²) in [6, 6.07) is 14.6. The smallest absolute Gasteiger partial charge is 0.289 e. The number of rotatable bonds is 6. The summed E-state index contributed by atoms with van der Waals surface area (Å²) >= 11 is 0. The molecule has 5 nitrogen and oxygen atoms in total. The summed E-state index contributed by atoms with van der Waals surface area (Å²) in [5.74, 6) is 0.864. The number of carbonyl (C=O) groups is 1. The molecule has 1 aromatic heterocycles. The first kappa shape index (κ1) is 25.1. The minimum atomic E-state index is -0.857. The van der Waals surface area contributed by atoms with Crippen LogP contribution in [0.5, 0.6) is 5.75 Å². The standard InChI is InChI=1S/C30H37NO4/c1-19-15-24-25(30(4,5)14-13-29(24,2)3)17-21(19)16-23-11-12-27(35-23)28(34)31(6)18-26(33)20-7-9-22(32)10-8-20/h7-12,15,17,26,32-33H,13-14,16,18H2,1-6H3. The lowest BCUT2D eigenvalue weighted by Gasteiger charge is -2.42. The minimum Gasteiger partial charge on any atom is -0.508 e. The topological polar surface area (TPSA) is 73.9 Å². The fourth-order valence-electron chi connectivity index (χ4n) is 5.07. The largest absolute Gasteiger partial charge is 0.508 e. The molecule has 1 amide bonds. The van der Waals surface area contributed by atoms with Gasteiger partial charge in [0.25, 0.3) is 5.91 Å². The van der Waals surface area contributed by atoms with Crippen LogP contribution in [0.3, 0.4) is 0 Å². The van der Waals surface area contributed by atoms with Crippen molar-refractivity contribution in [3.8, 4) is 5.75 Å². The van der Waals surface area contributed by atoms with E-state index in [1.54, 1.807) is 25.2 Å². The van der Waals surface area contributed by atoms with Crippen LogP contribution in [0.4, 0.5) is 0 Å². The summed E-state index contributed by atoms with van der Waals surface area (Å²) in [6.45, 7) is 11.6. The van der Waals surface area contributed by atoms with Crippen LogP contribution < -0.4 is 0 Å². The summed E-state index contributed by atoms with van der Waals surface area (Å²) < 4.78 is 5.96. The van der Waals surface area contributed by atoms with E-state index in [1.807, 2.05) is 6.07 Å². The maximum Gasteiger partial charge on any atom is 0.289 e. The number of amides is 1. The van der Waals surface area contributed by atoms with Crippen LogP contribution in [0.25, 0.3) is 0 Å². The summed E-state index contributed by atoms with van der Waals surface area (Å²) in [5.41, 5.74) is 6.27. The normalized spacial score (nSPS) is 17.0. The molecule has 1 unspecified atom stereocenters. The van der Waals surface area contributed by atoms with Crippen molar-refractivity contribution in [3.63, 3.8) is 0 Å². The molecule has 186 valence electrons. The van der Waals surface area contributed by atoms with Crippen LogP contribution in [-0.2, 0) is 17.3 Å². The van der Waals surface area contributed by atoms with E-state index in [9.17, 15) is 15.0 Å². The minimum absolute atomic E-state index is 0.119. The number of phenolic OH excluding ortho intramolecular Hbond substituents is 1. The van der Waals surface area contributed by atoms with E-state index in [-0.39, 0.29) is 34.8 Å². The molecule has 3 aromatic rings. The number of aliphatic hydroxyl groups excluding tert-OH is 1. The molecule has 2 N–H and O–H groups in total. The molecule has 0 bridgehead atoms. The SMILES string of the molecule is Cc1cc2c(cc1Cc1ccc(C(=O)N(C)CC(O)c3ccc(O)cc3)o1)C(C)(C)CCC2(C)C. The Bertz CT molecular complexity index is 1220. The van der Waals surface area contributed by atoms with E-state index in [1.165, 1.54) is 45.7 Å². The third kappa shape index (κ3) is 5.15. The molecule has 4 rings (SSSR count). The predicted octanol–water partition coefficient (Wildman–Crippen LogP) is 6.04. The molecule has 2 aromatic carbocycles. The molecule has 0 saturated heterocycles. The van der Waals surface area contributed by atoms with Crippen molar-refractivity contribution >= 4 is 5.91 Å². The molecule has 1 atom stereocenters. The van der Waals surface area contributed by atoms with E-state index in [2.05, 4.69) is 46.8 Å². The second-order valence-corrected chi connectivity index (χ2v) is 11.3. The average Bonchev–Trinajstić information content (AvgIpc) is 3.26. The lowest BCUT2D eigenvalue weighted by Crippen LogP contribution is -2.34. The number of aliphatic hydroxyl groups is 1. The van der Waals surface area contributed by atoms with Crippen LogP contribution in [0.2, 0.25) is 0 Å². The van der Waals surface area contributed by atoms with E-state index in [0.717, 1.165) is 12.2 Å². The number of phenols is 1. The number of nitrogens with zero attached hydrogens (tertiary/aromatic N) is 1. The number of hydrogen-bond donors (Lipinski definition) is 2. The zero-order valence-electron chi connectivity index (χ0n) is 21.7. The van der Waals surface area contributed by atoms with Gasteiger partial charge in [-0.1, -0.05) is 52.0 Å². The first-order valence-corrected chi connectivity index (χ1v) is 12.3. The monoisotopic (exact) mass is 475 g/mol. The number of carbonyl (C=O) groups excluding carboxylic acids is 1. The Morgan fingerprint density at radius 2 is 1.60 bits per heavy atom. The van der Waals surface area contributed by atoms with Crippen molar-refractivity contribution in [1.82, 2.24) is 4.90 Å². The first-order valence-electron chi connectivity index (χ1n) is 12.3. The van der Waals surface area contributed by atoms with E-state index >= 15 is 0 Å². The Balaban J connectivity index is 1.49. The van der Waals surface area contributed by atoms with Crippen molar-refractivity contribution in [2.75, 3.05) is 13.6 Å². The van der Waals surface area contributed by atoms with E-state index < -0.39 is 6.10 Å². The van der Waals surface area contributed by atoms with Gasteiger partial charge in [-0.3, -0.25) is 4.79 Å². The van der Waals surface area contributed by atoms with Crippen LogP contribution in [0.15, 0.2) is 52.9 Å². The number of aryl methyl sites for hydroxylation is 1. The van der Waals surface area contributed by atoms with Gasteiger partial charge in [0.1, 0.15) is 11.5 Å². The maximum absolute atomic E-state index is 12.9. The molecular formula is C30H37NO4. The molecule has 0 radical (unpaired) electrons. The summed E-state index contributed by atoms with van der Waals surface area (Å²) in [5, 5.41) is 19.9. The van der Waals surface area contributed by atoms with Crippen molar-refractivity contribution in [1.29, 1.82) is 0 Å².